The van der Waals surface area contributed by atoms with Crippen molar-refractivity contribution in [1.29, 1.82) is 0 Å². The first-order valence-electron chi connectivity index (χ1n) is 14.2. The molecule has 212 valence electrons. The van der Waals surface area contributed by atoms with Crippen molar-refractivity contribution in [2.75, 3.05) is 54.8 Å². The minimum absolute atomic E-state index is 0.0318. The SMILES string of the molecule is CCc1cc(N2CCN3CCCC3C2)ccc1Nc1ncc(C(F)(F)F)c(NCCCNC(=O)C2CCC2)n1. The van der Waals surface area contributed by atoms with Crippen molar-refractivity contribution < 1.29 is 18.0 Å². The molecule has 1 amide bonds. The molecule has 8 nitrogen and oxygen atoms in total. The molecule has 3 fully saturated rings. The van der Waals surface area contributed by atoms with Crippen molar-refractivity contribution in [3.8, 4) is 0 Å². The van der Waals surface area contributed by atoms with Gasteiger partial charge in [0.2, 0.25) is 11.9 Å². The molecule has 1 unspecified atom stereocenters. The second-order valence-corrected chi connectivity index (χ2v) is 10.8. The Morgan fingerprint density at radius 2 is 1.95 bits per heavy atom. The Hall–Kier alpha value is -3.08. The number of anilines is 4. The number of benzene rings is 1. The molecule has 0 spiro atoms. The molecule has 1 aliphatic carbocycles. The largest absolute Gasteiger partial charge is 0.421 e. The van der Waals surface area contributed by atoms with Gasteiger partial charge in [-0.2, -0.15) is 18.2 Å². The zero-order valence-electron chi connectivity index (χ0n) is 22.5. The summed E-state index contributed by atoms with van der Waals surface area (Å²) in [6.07, 6.45) is 2.89. The van der Waals surface area contributed by atoms with Crippen LogP contribution in [0.25, 0.3) is 0 Å². The quantitative estimate of drug-likeness (QED) is 0.370. The predicted octanol–water partition coefficient (Wildman–Crippen LogP) is 4.80. The number of alkyl halides is 3. The van der Waals surface area contributed by atoms with Gasteiger partial charge in [-0.3, -0.25) is 9.69 Å². The van der Waals surface area contributed by atoms with Gasteiger partial charge in [0.05, 0.1) is 0 Å². The smallest absolute Gasteiger partial charge is 0.369 e. The summed E-state index contributed by atoms with van der Waals surface area (Å²) in [5.74, 6) is -0.0468. The number of hydrogen-bond acceptors (Lipinski definition) is 7. The molecule has 1 saturated carbocycles. The highest BCUT2D eigenvalue weighted by molar-refractivity contribution is 5.79. The summed E-state index contributed by atoms with van der Waals surface area (Å²) in [6, 6.07) is 6.81. The zero-order valence-corrected chi connectivity index (χ0v) is 22.5. The van der Waals surface area contributed by atoms with Gasteiger partial charge in [-0.1, -0.05) is 13.3 Å². The van der Waals surface area contributed by atoms with Crippen LogP contribution in [0, 0.1) is 5.92 Å². The van der Waals surface area contributed by atoms with Crippen LogP contribution < -0.4 is 20.9 Å². The molecule has 1 aromatic heterocycles. The van der Waals surface area contributed by atoms with E-state index in [4.69, 9.17) is 0 Å². The van der Waals surface area contributed by atoms with Gasteiger partial charge in [-0.05, 0) is 68.8 Å². The predicted molar refractivity (Wildman–Crippen MR) is 146 cm³/mol. The number of halogens is 3. The van der Waals surface area contributed by atoms with Crippen LogP contribution in [-0.4, -0.2) is 66.1 Å². The van der Waals surface area contributed by atoms with Crippen molar-refractivity contribution >= 4 is 29.0 Å². The summed E-state index contributed by atoms with van der Waals surface area (Å²) < 4.78 is 40.9. The van der Waals surface area contributed by atoms with Gasteiger partial charge in [0, 0.05) is 62.3 Å². The van der Waals surface area contributed by atoms with Crippen LogP contribution in [0.2, 0.25) is 0 Å². The molecule has 3 aliphatic rings. The summed E-state index contributed by atoms with van der Waals surface area (Å²) in [6.45, 7) is 7.00. The molecule has 2 aromatic rings. The van der Waals surface area contributed by atoms with Gasteiger partial charge in [-0.25, -0.2) is 4.98 Å². The number of fused-ring (bicyclic) bond motifs is 1. The Morgan fingerprint density at radius 1 is 1.10 bits per heavy atom. The Morgan fingerprint density at radius 3 is 2.69 bits per heavy atom. The van der Waals surface area contributed by atoms with E-state index < -0.39 is 11.7 Å². The lowest BCUT2D eigenvalue weighted by Gasteiger charge is -2.39. The Labute approximate surface area is 227 Å². The molecule has 2 saturated heterocycles. The van der Waals surface area contributed by atoms with Crippen molar-refractivity contribution in [3.05, 3.63) is 35.5 Å². The molecule has 39 heavy (non-hydrogen) atoms. The van der Waals surface area contributed by atoms with Crippen LogP contribution in [0.15, 0.2) is 24.4 Å². The fourth-order valence-electron chi connectivity index (χ4n) is 5.64. The van der Waals surface area contributed by atoms with E-state index >= 15 is 0 Å². The average Bonchev–Trinajstić information content (AvgIpc) is 3.35. The van der Waals surface area contributed by atoms with Gasteiger partial charge in [0.15, 0.2) is 0 Å². The number of aromatic nitrogens is 2. The van der Waals surface area contributed by atoms with Crippen molar-refractivity contribution in [3.63, 3.8) is 0 Å². The van der Waals surface area contributed by atoms with E-state index in [1.165, 1.54) is 25.1 Å². The van der Waals surface area contributed by atoms with E-state index in [9.17, 15) is 18.0 Å². The molecule has 0 bridgehead atoms. The first kappa shape index (κ1) is 27.5. The minimum Gasteiger partial charge on any atom is -0.369 e. The molecular weight excluding hydrogens is 507 g/mol. The van der Waals surface area contributed by atoms with Crippen molar-refractivity contribution in [2.24, 2.45) is 5.92 Å². The Bertz CT molecular complexity index is 1150. The first-order chi connectivity index (χ1) is 18.8. The van der Waals surface area contributed by atoms with Gasteiger partial charge in [0.25, 0.3) is 0 Å². The van der Waals surface area contributed by atoms with E-state index in [-0.39, 0.29) is 30.1 Å². The highest BCUT2D eigenvalue weighted by Gasteiger charge is 2.35. The van der Waals surface area contributed by atoms with E-state index in [1.807, 2.05) is 6.07 Å². The Kier molecular flexibility index (Phi) is 8.44. The maximum Gasteiger partial charge on any atom is 0.421 e. The van der Waals surface area contributed by atoms with Crippen LogP contribution in [-0.2, 0) is 17.4 Å². The third kappa shape index (κ3) is 6.57. The topological polar surface area (TPSA) is 85.4 Å². The number of piperazine rings is 1. The van der Waals surface area contributed by atoms with Crippen LogP contribution in [0.3, 0.4) is 0 Å². The van der Waals surface area contributed by atoms with Crippen LogP contribution in [0.1, 0.15) is 56.6 Å². The van der Waals surface area contributed by atoms with Crippen molar-refractivity contribution in [1.82, 2.24) is 20.2 Å². The zero-order chi connectivity index (χ0) is 27.4. The lowest BCUT2D eigenvalue weighted by molar-refractivity contribution is -0.137. The third-order valence-corrected chi connectivity index (χ3v) is 8.18. The fourth-order valence-corrected chi connectivity index (χ4v) is 5.64. The van der Waals surface area contributed by atoms with Crippen LogP contribution in [0.4, 0.5) is 36.3 Å². The number of carbonyl (C=O) groups is 1. The fraction of sp³-hybridized carbons (Fsp3) is 0.607. The number of amides is 1. The standard InChI is InChI=1S/C28H38F3N7O/c1-2-19-16-21(38-15-14-37-13-4-8-22(37)18-38)9-10-24(19)35-27-34-17-23(28(29,30)31)25(36-27)32-11-5-12-33-26(39)20-6-3-7-20/h9-10,16-17,20,22H,2-8,11-15,18H2,1H3,(H,33,39)(H2,32,34,35,36). The van der Waals surface area contributed by atoms with Gasteiger partial charge in [0.1, 0.15) is 11.4 Å². The Balaban J connectivity index is 1.23. The molecule has 1 aromatic carbocycles. The van der Waals surface area contributed by atoms with E-state index in [0.29, 0.717) is 19.0 Å². The molecule has 3 heterocycles. The molecule has 5 rings (SSSR count). The molecule has 1 atom stereocenters. The summed E-state index contributed by atoms with van der Waals surface area (Å²) >= 11 is 0. The number of nitrogens with zero attached hydrogens (tertiary/aromatic N) is 4. The number of rotatable bonds is 10. The average molecular weight is 546 g/mol. The number of aryl methyl sites for hydroxylation is 1. The lowest BCUT2D eigenvalue weighted by Crippen LogP contribution is -2.50. The van der Waals surface area contributed by atoms with Gasteiger partial charge in [-0.15, -0.1) is 0 Å². The summed E-state index contributed by atoms with van der Waals surface area (Å²) in [5.41, 5.74) is 2.10. The monoisotopic (exact) mass is 545 g/mol. The number of hydrogen-bond donors (Lipinski definition) is 3. The normalized spacial score (nSPS) is 19.9. The van der Waals surface area contributed by atoms with Crippen LogP contribution in [0.5, 0.6) is 0 Å². The van der Waals surface area contributed by atoms with E-state index in [1.54, 1.807) is 0 Å². The number of carbonyl (C=O) groups excluding carboxylic acids is 1. The summed E-state index contributed by atoms with van der Waals surface area (Å²) in [5, 5.41) is 8.80. The molecule has 2 aliphatic heterocycles. The molecule has 3 N–H and O–H groups in total. The molecule has 11 heteroatoms. The van der Waals surface area contributed by atoms with Gasteiger partial charge < -0.3 is 20.9 Å². The first-order valence-corrected chi connectivity index (χ1v) is 14.2. The highest BCUT2D eigenvalue weighted by atomic mass is 19.4. The third-order valence-electron chi connectivity index (χ3n) is 8.18. The molecular formula is C28H38F3N7O. The maximum absolute atomic E-state index is 13.6. The second kappa shape index (κ2) is 12.0. The molecule has 0 radical (unpaired) electrons. The van der Waals surface area contributed by atoms with E-state index in [0.717, 1.165) is 62.8 Å². The maximum atomic E-state index is 13.6. The summed E-state index contributed by atoms with van der Waals surface area (Å²) in [4.78, 5) is 25.1. The summed E-state index contributed by atoms with van der Waals surface area (Å²) in [7, 11) is 0. The number of nitrogens with one attached hydrogen (secondary N) is 3. The van der Waals surface area contributed by atoms with Gasteiger partial charge >= 0.3 is 6.18 Å². The van der Waals surface area contributed by atoms with Crippen molar-refractivity contribution in [2.45, 2.75) is 64.1 Å². The second-order valence-electron chi connectivity index (χ2n) is 10.8. The van der Waals surface area contributed by atoms with Crippen LogP contribution >= 0.6 is 0 Å². The lowest BCUT2D eigenvalue weighted by atomic mass is 9.85. The van der Waals surface area contributed by atoms with E-state index in [2.05, 4.69) is 54.8 Å². The highest BCUT2D eigenvalue weighted by Crippen LogP contribution is 2.35. The minimum atomic E-state index is -4.58.